The lowest BCUT2D eigenvalue weighted by Crippen LogP contribution is -2.53. The molecule has 2 saturated heterocycles. The van der Waals surface area contributed by atoms with Crippen LogP contribution in [-0.4, -0.2) is 73.9 Å². The molecule has 10 heteroatoms. The highest BCUT2D eigenvalue weighted by Gasteiger charge is 2.30. The fourth-order valence-corrected chi connectivity index (χ4v) is 5.87. The Kier molecular flexibility index (Phi) is 6.88. The van der Waals surface area contributed by atoms with Crippen LogP contribution < -0.4 is 4.72 Å². The average Bonchev–Trinajstić information content (AvgIpc) is 2.93. The fourth-order valence-electron chi connectivity index (χ4n) is 4.64. The number of para-hydroxylation sites is 1. The van der Waals surface area contributed by atoms with Gasteiger partial charge in [-0.1, -0.05) is 18.2 Å². The summed E-state index contributed by atoms with van der Waals surface area (Å²) in [5.74, 6) is -0.136. The molecule has 1 N–H and O–H groups in total. The standard InChI is InChI=1S/C26H28N4O5S/c31-25(29-14-16-30(17-15-29)26(32)22-7-1-2-18-35-22)20-9-11-21(12-10-20)28-36(33,34)23-8-3-5-19-6-4-13-27-24(19)23/h3-6,8-13,22,28H,1-2,7,14-18H2. The SMILES string of the molecule is O=C(c1ccc(NS(=O)(=O)c2cccc3cccnc23)cc1)N1CCN(C(=O)C2CCCCO2)CC1. The number of fused-ring (bicyclic) bond motifs is 1. The summed E-state index contributed by atoms with van der Waals surface area (Å²) in [4.78, 5) is 33.5. The number of aromatic nitrogens is 1. The van der Waals surface area contributed by atoms with Crippen LogP contribution in [0.3, 0.4) is 0 Å². The van der Waals surface area contributed by atoms with E-state index < -0.39 is 10.0 Å². The van der Waals surface area contributed by atoms with Crippen LogP contribution in [0.25, 0.3) is 10.9 Å². The largest absolute Gasteiger partial charge is 0.368 e. The summed E-state index contributed by atoms with van der Waals surface area (Å²) >= 11 is 0. The first-order valence-corrected chi connectivity index (χ1v) is 13.6. The van der Waals surface area contributed by atoms with Gasteiger partial charge in [0.15, 0.2) is 0 Å². The monoisotopic (exact) mass is 508 g/mol. The summed E-state index contributed by atoms with van der Waals surface area (Å²) in [6.45, 7) is 2.46. The molecule has 9 nitrogen and oxygen atoms in total. The summed E-state index contributed by atoms with van der Waals surface area (Å²) in [6.07, 6.45) is 3.95. The number of nitrogens with one attached hydrogen (secondary N) is 1. The van der Waals surface area contributed by atoms with Crippen molar-refractivity contribution in [1.29, 1.82) is 0 Å². The lowest BCUT2D eigenvalue weighted by Gasteiger charge is -2.37. The number of nitrogens with zero attached hydrogens (tertiary/aromatic N) is 3. The maximum Gasteiger partial charge on any atom is 0.264 e. The van der Waals surface area contributed by atoms with Crippen molar-refractivity contribution < 1.29 is 22.7 Å². The minimum absolute atomic E-state index is 0.0137. The maximum atomic E-state index is 13.0. The van der Waals surface area contributed by atoms with Crippen molar-refractivity contribution in [2.75, 3.05) is 37.5 Å². The van der Waals surface area contributed by atoms with Crippen molar-refractivity contribution in [3.63, 3.8) is 0 Å². The lowest BCUT2D eigenvalue weighted by atomic mass is 10.1. The Morgan fingerprint density at radius 3 is 2.36 bits per heavy atom. The molecule has 2 aliphatic heterocycles. The summed E-state index contributed by atoms with van der Waals surface area (Å²) in [5, 5.41) is 0.731. The van der Waals surface area contributed by atoms with E-state index in [2.05, 4.69) is 9.71 Å². The second-order valence-electron chi connectivity index (χ2n) is 8.99. The van der Waals surface area contributed by atoms with Gasteiger partial charge in [-0.05, 0) is 55.7 Å². The van der Waals surface area contributed by atoms with E-state index in [1.807, 2.05) is 0 Å². The third kappa shape index (κ3) is 5.05. The summed E-state index contributed by atoms with van der Waals surface area (Å²) < 4.78 is 34.2. The minimum atomic E-state index is -3.87. The van der Waals surface area contributed by atoms with E-state index in [0.717, 1.165) is 24.6 Å². The van der Waals surface area contributed by atoms with Crippen molar-refractivity contribution in [2.45, 2.75) is 30.3 Å². The first-order valence-electron chi connectivity index (χ1n) is 12.1. The van der Waals surface area contributed by atoms with Crippen molar-refractivity contribution in [3.8, 4) is 0 Å². The van der Waals surface area contributed by atoms with E-state index in [-0.39, 0.29) is 22.8 Å². The molecule has 188 valence electrons. The van der Waals surface area contributed by atoms with Crippen LogP contribution in [0.15, 0.2) is 65.7 Å². The van der Waals surface area contributed by atoms with Gasteiger partial charge in [0.25, 0.3) is 21.8 Å². The number of benzene rings is 2. The molecule has 2 aromatic carbocycles. The number of anilines is 1. The third-order valence-electron chi connectivity index (χ3n) is 6.60. The van der Waals surface area contributed by atoms with E-state index in [9.17, 15) is 18.0 Å². The zero-order chi connectivity index (χ0) is 25.1. The molecule has 0 radical (unpaired) electrons. The summed E-state index contributed by atoms with van der Waals surface area (Å²) in [7, 11) is -3.87. The normalized spacial score (nSPS) is 18.7. The summed E-state index contributed by atoms with van der Waals surface area (Å²) in [5.41, 5.74) is 1.20. The van der Waals surface area contributed by atoms with E-state index in [4.69, 9.17) is 4.74 Å². The molecule has 0 bridgehead atoms. The number of pyridine rings is 1. The minimum Gasteiger partial charge on any atom is -0.368 e. The van der Waals surface area contributed by atoms with E-state index >= 15 is 0 Å². The number of ether oxygens (including phenoxy) is 1. The molecule has 3 heterocycles. The van der Waals surface area contributed by atoms with Crippen LogP contribution in [-0.2, 0) is 19.6 Å². The van der Waals surface area contributed by atoms with Crippen LogP contribution in [0, 0.1) is 0 Å². The van der Waals surface area contributed by atoms with Crippen molar-refractivity contribution in [3.05, 3.63) is 66.4 Å². The van der Waals surface area contributed by atoms with Gasteiger partial charge in [0, 0.05) is 55.6 Å². The fraction of sp³-hybridized carbons (Fsp3) is 0.346. The van der Waals surface area contributed by atoms with E-state index in [0.29, 0.717) is 49.6 Å². The smallest absolute Gasteiger partial charge is 0.264 e. The Morgan fingerprint density at radius 2 is 1.64 bits per heavy atom. The third-order valence-corrected chi connectivity index (χ3v) is 8.02. The zero-order valence-corrected chi connectivity index (χ0v) is 20.6. The molecule has 36 heavy (non-hydrogen) atoms. The second kappa shape index (κ2) is 10.2. The molecule has 2 amide bonds. The first-order chi connectivity index (χ1) is 17.4. The molecule has 0 aliphatic carbocycles. The number of amides is 2. The Hall–Kier alpha value is -3.50. The predicted octanol–water partition coefficient (Wildman–Crippen LogP) is 2.89. The predicted molar refractivity (Wildman–Crippen MR) is 135 cm³/mol. The van der Waals surface area contributed by atoms with Gasteiger partial charge in [0.1, 0.15) is 11.0 Å². The van der Waals surface area contributed by atoms with Crippen LogP contribution in [0.5, 0.6) is 0 Å². The van der Waals surface area contributed by atoms with Gasteiger partial charge in [0.05, 0.1) is 5.52 Å². The molecular weight excluding hydrogens is 480 g/mol. The Labute approximate surface area is 210 Å². The highest BCUT2D eigenvalue weighted by Crippen LogP contribution is 2.24. The Bertz CT molecular complexity index is 1360. The molecule has 3 aromatic rings. The zero-order valence-electron chi connectivity index (χ0n) is 19.8. The van der Waals surface area contributed by atoms with Crippen molar-refractivity contribution in [1.82, 2.24) is 14.8 Å². The van der Waals surface area contributed by atoms with E-state index in [1.165, 1.54) is 6.07 Å². The van der Waals surface area contributed by atoms with Gasteiger partial charge in [-0.25, -0.2) is 8.42 Å². The Balaban J connectivity index is 1.21. The number of hydrogen-bond donors (Lipinski definition) is 1. The van der Waals surface area contributed by atoms with Crippen LogP contribution in [0.2, 0.25) is 0 Å². The molecule has 1 atom stereocenters. The molecule has 1 unspecified atom stereocenters. The van der Waals surface area contributed by atoms with Crippen LogP contribution >= 0.6 is 0 Å². The molecule has 5 rings (SSSR count). The topological polar surface area (TPSA) is 109 Å². The number of hydrogen-bond acceptors (Lipinski definition) is 6. The number of sulfonamides is 1. The quantitative estimate of drug-likeness (QED) is 0.568. The van der Waals surface area contributed by atoms with Gasteiger partial charge < -0.3 is 14.5 Å². The number of carbonyl (C=O) groups excluding carboxylic acids is 2. The highest BCUT2D eigenvalue weighted by atomic mass is 32.2. The number of carbonyl (C=O) groups is 2. The van der Waals surface area contributed by atoms with Crippen molar-refractivity contribution in [2.24, 2.45) is 0 Å². The molecule has 0 saturated carbocycles. The van der Waals surface area contributed by atoms with Crippen LogP contribution in [0.4, 0.5) is 5.69 Å². The van der Waals surface area contributed by atoms with E-state index in [1.54, 1.807) is 64.5 Å². The average molecular weight is 509 g/mol. The first kappa shape index (κ1) is 24.2. The molecule has 2 aliphatic rings. The Morgan fingerprint density at radius 1 is 0.917 bits per heavy atom. The van der Waals surface area contributed by atoms with Gasteiger partial charge in [0.2, 0.25) is 0 Å². The second-order valence-corrected chi connectivity index (χ2v) is 10.6. The van der Waals surface area contributed by atoms with Gasteiger partial charge in [-0.2, -0.15) is 0 Å². The lowest BCUT2D eigenvalue weighted by molar-refractivity contribution is -0.147. The molecule has 2 fully saturated rings. The molecular formula is C26H28N4O5S. The summed E-state index contributed by atoms with van der Waals surface area (Å²) in [6, 6.07) is 14.9. The van der Waals surface area contributed by atoms with Gasteiger partial charge >= 0.3 is 0 Å². The number of piperazine rings is 1. The van der Waals surface area contributed by atoms with Crippen LogP contribution in [0.1, 0.15) is 29.6 Å². The molecule has 1 aromatic heterocycles. The van der Waals surface area contributed by atoms with Crippen molar-refractivity contribution >= 4 is 38.4 Å². The number of rotatable bonds is 5. The van der Waals surface area contributed by atoms with Gasteiger partial charge in [-0.3, -0.25) is 19.3 Å². The van der Waals surface area contributed by atoms with Gasteiger partial charge in [-0.15, -0.1) is 0 Å². The molecule has 0 spiro atoms. The highest BCUT2D eigenvalue weighted by molar-refractivity contribution is 7.93. The maximum absolute atomic E-state index is 13.0.